The van der Waals surface area contributed by atoms with Gasteiger partial charge in [-0.2, -0.15) is 0 Å². The zero-order valence-corrected chi connectivity index (χ0v) is 8.23. The largest absolute Gasteiger partial charge is 0.368 e. The minimum atomic E-state index is 0.315. The molecule has 0 aliphatic carbocycles. The number of nitrogens with two attached hydrogens (primary N) is 1. The molecule has 0 amide bonds. The molecule has 0 radical (unpaired) electrons. The Morgan fingerprint density at radius 3 is 2.79 bits per heavy atom. The molecule has 0 aromatic carbocycles. The number of anilines is 1. The van der Waals surface area contributed by atoms with Crippen molar-refractivity contribution in [1.29, 1.82) is 0 Å². The van der Waals surface area contributed by atoms with Crippen molar-refractivity contribution in [2.75, 3.05) is 5.73 Å². The molecule has 0 unspecified atom stereocenters. The number of hydrogen-bond acceptors (Lipinski definition) is 4. The van der Waals surface area contributed by atoms with Crippen molar-refractivity contribution in [2.45, 2.75) is 19.8 Å². The Labute approximate surface area is 82.6 Å². The summed E-state index contributed by atoms with van der Waals surface area (Å²) in [6, 6.07) is 3.72. The first-order valence-corrected chi connectivity index (χ1v) is 4.56. The standard InChI is InChI=1S/C10H12N4/c1-6(2)8-9-7(4-3-5-12-8)13-10(11)14-9/h3-6H,1-2H3,(H2,11,13,14). The molecular weight excluding hydrogens is 176 g/mol. The quantitative estimate of drug-likeness (QED) is 0.739. The molecule has 4 heteroatoms. The maximum atomic E-state index is 5.55. The van der Waals surface area contributed by atoms with Gasteiger partial charge in [0.05, 0.1) is 11.4 Å². The lowest BCUT2D eigenvalue weighted by molar-refractivity contribution is 0.824. The molecule has 2 rings (SSSR count). The summed E-state index contributed by atoms with van der Waals surface area (Å²) in [5.74, 6) is 0.635. The van der Waals surface area contributed by atoms with Crippen LogP contribution in [-0.2, 0) is 0 Å². The van der Waals surface area contributed by atoms with E-state index in [1.54, 1.807) is 6.20 Å². The Morgan fingerprint density at radius 1 is 1.29 bits per heavy atom. The Bertz CT molecular complexity index is 425. The van der Waals surface area contributed by atoms with E-state index < -0.39 is 0 Å². The van der Waals surface area contributed by atoms with Crippen molar-refractivity contribution in [2.24, 2.45) is 0 Å². The number of nitrogens with zero attached hydrogens (tertiary/aromatic N) is 3. The number of hydrogen-bond donors (Lipinski definition) is 1. The number of aromatic nitrogens is 3. The summed E-state index contributed by atoms with van der Waals surface area (Å²) < 4.78 is 0. The summed E-state index contributed by atoms with van der Waals surface area (Å²) in [5.41, 5.74) is 8.11. The van der Waals surface area contributed by atoms with Gasteiger partial charge in [0.1, 0.15) is 5.69 Å². The van der Waals surface area contributed by atoms with E-state index in [9.17, 15) is 0 Å². The van der Waals surface area contributed by atoms with Gasteiger partial charge in [-0.1, -0.05) is 13.8 Å². The molecule has 0 fully saturated rings. The van der Waals surface area contributed by atoms with Crippen LogP contribution < -0.4 is 5.73 Å². The van der Waals surface area contributed by atoms with Gasteiger partial charge < -0.3 is 5.73 Å². The fraction of sp³-hybridized carbons (Fsp3) is 0.300. The molecule has 0 spiro atoms. The molecule has 4 nitrogen and oxygen atoms in total. The van der Waals surface area contributed by atoms with E-state index in [2.05, 4.69) is 28.8 Å². The van der Waals surface area contributed by atoms with Crippen LogP contribution >= 0.6 is 0 Å². The fourth-order valence-corrected chi connectivity index (χ4v) is 1.42. The van der Waals surface area contributed by atoms with Crippen molar-refractivity contribution in [3.05, 3.63) is 24.0 Å². The topological polar surface area (TPSA) is 64.7 Å². The predicted molar refractivity (Wildman–Crippen MR) is 55.0 cm³/mol. The van der Waals surface area contributed by atoms with E-state index in [1.165, 1.54) is 0 Å². The number of nitrogen functional groups attached to an aromatic ring is 1. The van der Waals surface area contributed by atoms with E-state index in [0.29, 0.717) is 11.9 Å². The van der Waals surface area contributed by atoms with Gasteiger partial charge in [0.2, 0.25) is 5.95 Å². The first-order valence-electron chi connectivity index (χ1n) is 4.56. The summed E-state index contributed by atoms with van der Waals surface area (Å²) in [4.78, 5) is 12.6. The minimum Gasteiger partial charge on any atom is -0.368 e. The summed E-state index contributed by atoms with van der Waals surface area (Å²) in [7, 11) is 0. The summed E-state index contributed by atoms with van der Waals surface area (Å²) in [5, 5.41) is 0. The van der Waals surface area contributed by atoms with Gasteiger partial charge in [-0.3, -0.25) is 4.98 Å². The highest BCUT2D eigenvalue weighted by molar-refractivity contribution is 5.61. The molecule has 0 bridgehead atoms. The monoisotopic (exact) mass is 188 g/mol. The normalized spacial score (nSPS) is 11.1. The average molecular weight is 188 g/mol. The van der Waals surface area contributed by atoms with Crippen LogP contribution in [0.15, 0.2) is 18.3 Å². The lowest BCUT2D eigenvalue weighted by Crippen LogP contribution is -1.93. The molecule has 14 heavy (non-hydrogen) atoms. The van der Waals surface area contributed by atoms with Crippen molar-refractivity contribution < 1.29 is 0 Å². The Hall–Kier alpha value is -1.71. The van der Waals surface area contributed by atoms with Gasteiger partial charge in [0, 0.05) is 6.20 Å². The number of rotatable bonds is 1. The number of fused-ring (bicyclic) bond motifs is 1. The molecule has 0 aromatic heterocycles. The maximum Gasteiger partial charge on any atom is 0.221 e. The van der Waals surface area contributed by atoms with Gasteiger partial charge >= 0.3 is 0 Å². The smallest absolute Gasteiger partial charge is 0.221 e. The maximum absolute atomic E-state index is 5.55. The van der Waals surface area contributed by atoms with Gasteiger partial charge in [-0.15, -0.1) is 0 Å². The van der Waals surface area contributed by atoms with Crippen LogP contribution in [0, 0.1) is 0 Å². The third kappa shape index (κ3) is 1.39. The third-order valence-corrected chi connectivity index (χ3v) is 2.05. The first kappa shape index (κ1) is 8.87. The molecule has 2 heterocycles. The van der Waals surface area contributed by atoms with Crippen molar-refractivity contribution >= 4 is 5.95 Å². The van der Waals surface area contributed by atoms with Crippen LogP contribution in [0.2, 0.25) is 0 Å². The molecule has 0 atom stereocenters. The summed E-state index contributed by atoms with van der Waals surface area (Å²) in [6.45, 7) is 4.15. The Kier molecular flexibility index (Phi) is 2.04. The Balaban J connectivity index is 2.70. The molecule has 0 saturated heterocycles. The number of imidazole rings is 1. The van der Waals surface area contributed by atoms with Crippen molar-refractivity contribution in [3.8, 4) is 11.4 Å². The third-order valence-electron chi connectivity index (χ3n) is 2.05. The second kappa shape index (κ2) is 3.21. The first-order chi connectivity index (χ1) is 6.68. The molecule has 0 aromatic rings. The van der Waals surface area contributed by atoms with Gasteiger partial charge in [-0.05, 0) is 18.1 Å². The Morgan fingerprint density at radius 2 is 2.07 bits per heavy atom. The summed E-state index contributed by atoms with van der Waals surface area (Å²) >= 11 is 0. The second-order valence-corrected chi connectivity index (χ2v) is 3.49. The van der Waals surface area contributed by atoms with Crippen molar-refractivity contribution in [1.82, 2.24) is 15.0 Å². The van der Waals surface area contributed by atoms with E-state index in [1.807, 2.05) is 12.1 Å². The molecule has 0 saturated carbocycles. The van der Waals surface area contributed by atoms with Gasteiger partial charge in [0.15, 0.2) is 0 Å². The molecule has 2 N–H and O–H groups in total. The van der Waals surface area contributed by atoms with Gasteiger partial charge in [-0.25, -0.2) is 9.97 Å². The minimum absolute atomic E-state index is 0.315. The van der Waals surface area contributed by atoms with E-state index in [0.717, 1.165) is 17.1 Å². The zero-order valence-electron chi connectivity index (χ0n) is 8.23. The SMILES string of the molecule is CC(C)c1ncccc2nc(N)nc1-2. The van der Waals surface area contributed by atoms with Gasteiger partial charge in [0.25, 0.3) is 0 Å². The van der Waals surface area contributed by atoms with E-state index in [-0.39, 0.29) is 0 Å². The second-order valence-electron chi connectivity index (χ2n) is 3.49. The highest BCUT2D eigenvalue weighted by Crippen LogP contribution is 2.26. The van der Waals surface area contributed by atoms with Crippen LogP contribution in [0.1, 0.15) is 25.5 Å². The predicted octanol–water partition coefficient (Wildman–Crippen LogP) is 1.68. The van der Waals surface area contributed by atoms with Crippen LogP contribution in [0.3, 0.4) is 0 Å². The molecule has 2 aliphatic heterocycles. The summed E-state index contributed by atoms with van der Waals surface area (Å²) in [6.07, 6.45) is 1.76. The van der Waals surface area contributed by atoms with Crippen LogP contribution in [-0.4, -0.2) is 15.0 Å². The fourth-order valence-electron chi connectivity index (χ4n) is 1.42. The van der Waals surface area contributed by atoms with Crippen LogP contribution in [0.5, 0.6) is 0 Å². The van der Waals surface area contributed by atoms with E-state index in [4.69, 9.17) is 5.73 Å². The van der Waals surface area contributed by atoms with Crippen LogP contribution in [0.4, 0.5) is 5.95 Å². The highest BCUT2D eigenvalue weighted by atomic mass is 15.0. The molecule has 2 aliphatic rings. The van der Waals surface area contributed by atoms with Crippen molar-refractivity contribution in [3.63, 3.8) is 0 Å². The lowest BCUT2D eigenvalue weighted by Gasteiger charge is -2.02. The van der Waals surface area contributed by atoms with Crippen LogP contribution in [0.25, 0.3) is 11.4 Å². The highest BCUT2D eigenvalue weighted by Gasteiger charge is 2.15. The lowest BCUT2D eigenvalue weighted by atomic mass is 10.1. The molecular formula is C10H12N4. The average Bonchev–Trinajstić information content (AvgIpc) is 2.35. The molecule has 72 valence electrons. The van der Waals surface area contributed by atoms with E-state index >= 15 is 0 Å². The zero-order chi connectivity index (χ0) is 10.1.